The molecule has 2 heterocycles. The molecule has 1 fully saturated rings. The van der Waals surface area contributed by atoms with Gasteiger partial charge in [-0.05, 0) is 30.5 Å². The van der Waals surface area contributed by atoms with Gasteiger partial charge in [-0.15, -0.1) is 0 Å². The van der Waals surface area contributed by atoms with Gasteiger partial charge in [0.2, 0.25) is 5.91 Å². The molecule has 1 aliphatic rings. The molecule has 0 aromatic carbocycles. The summed E-state index contributed by atoms with van der Waals surface area (Å²) in [6.07, 6.45) is 4.39. The third-order valence-electron chi connectivity index (χ3n) is 3.44. The number of hydrogen-bond acceptors (Lipinski definition) is 4. The van der Waals surface area contributed by atoms with Crippen LogP contribution in [0.25, 0.3) is 0 Å². The normalized spacial score (nSPS) is 16.1. The van der Waals surface area contributed by atoms with E-state index >= 15 is 0 Å². The third kappa shape index (κ3) is 4.03. The number of carbonyl (C=O) groups excluding carboxylic acids is 1. The number of ether oxygens (including phenoxy) is 1. The van der Waals surface area contributed by atoms with Crippen molar-refractivity contribution in [3.05, 3.63) is 30.1 Å². The highest BCUT2D eigenvalue weighted by molar-refractivity contribution is 5.78. The fraction of sp³-hybridized carbons (Fsp3) is 0.500. The van der Waals surface area contributed by atoms with E-state index in [1.165, 1.54) is 0 Å². The van der Waals surface area contributed by atoms with Gasteiger partial charge in [-0.3, -0.25) is 14.6 Å². The molecule has 6 nitrogen and oxygen atoms in total. The van der Waals surface area contributed by atoms with E-state index in [4.69, 9.17) is 9.84 Å². The van der Waals surface area contributed by atoms with Gasteiger partial charge in [0, 0.05) is 25.5 Å². The summed E-state index contributed by atoms with van der Waals surface area (Å²) in [4.78, 5) is 28.3. The molecule has 2 rings (SSSR count). The number of nitrogens with zero attached hydrogens (tertiary/aromatic N) is 2. The largest absolute Gasteiger partial charge is 0.481 e. The van der Waals surface area contributed by atoms with Crippen LogP contribution in [0.15, 0.2) is 24.5 Å². The number of likely N-dealkylation sites (tertiary alicyclic amines) is 1. The minimum absolute atomic E-state index is 0.0278. The van der Waals surface area contributed by atoms with Gasteiger partial charge in [0.15, 0.2) is 0 Å². The minimum atomic E-state index is -0.772. The second kappa shape index (κ2) is 7.00. The standard InChI is InChI=1S/C14H18N2O4/c17-13(10-20-9-11-1-5-15-6-2-11)16-7-3-12(4-8-16)14(18)19/h1-2,5-6,12H,3-4,7-10H2,(H,18,19). The third-order valence-corrected chi connectivity index (χ3v) is 3.44. The fourth-order valence-corrected chi connectivity index (χ4v) is 2.20. The zero-order chi connectivity index (χ0) is 14.4. The molecule has 20 heavy (non-hydrogen) atoms. The number of piperidine rings is 1. The van der Waals surface area contributed by atoms with Gasteiger partial charge in [-0.2, -0.15) is 0 Å². The van der Waals surface area contributed by atoms with Crippen molar-refractivity contribution in [2.24, 2.45) is 5.92 Å². The van der Waals surface area contributed by atoms with E-state index in [-0.39, 0.29) is 18.4 Å². The molecule has 1 aliphatic heterocycles. The summed E-state index contributed by atoms with van der Waals surface area (Å²) in [6, 6.07) is 3.67. The zero-order valence-corrected chi connectivity index (χ0v) is 11.2. The molecule has 1 saturated heterocycles. The van der Waals surface area contributed by atoms with Crippen LogP contribution < -0.4 is 0 Å². The quantitative estimate of drug-likeness (QED) is 0.866. The molecule has 0 atom stereocenters. The second-order valence-electron chi connectivity index (χ2n) is 4.84. The number of rotatable bonds is 5. The first-order chi connectivity index (χ1) is 9.66. The van der Waals surface area contributed by atoms with Crippen LogP contribution >= 0.6 is 0 Å². The molecule has 0 bridgehead atoms. The number of aliphatic carboxylic acids is 1. The molecule has 0 unspecified atom stereocenters. The van der Waals surface area contributed by atoms with Crippen LogP contribution in [0.4, 0.5) is 0 Å². The monoisotopic (exact) mass is 278 g/mol. The summed E-state index contributed by atoms with van der Waals surface area (Å²) in [5.74, 6) is -1.18. The predicted octanol–water partition coefficient (Wildman–Crippen LogP) is 0.921. The number of carboxylic acids is 1. The number of pyridine rings is 1. The lowest BCUT2D eigenvalue weighted by Crippen LogP contribution is -2.41. The van der Waals surface area contributed by atoms with Crippen LogP contribution in [0.5, 0.6) is 0 Å². The molecule has 108 valence electrons. The van der Waals surface area contributed by atoms with Crippen molar-refractivity contribution in [1.29, 1.82) is 0 Å². The molecule has 0 spiro atoms. The Bertz CT molecular complexity index is 456. The summed E-state index contributed by atoms with van der Waals surface area (Å²) in [7, 11) is 0. The van der Waals surface area contributed by atoms with Gasteiger partial charge < -0.3 is 14.7 Å². The Kier molecular flexibility index (Phi) is 5.06. The molecule has 1 aromatic rings. The first-order valence-corrected chi connectivity index (χ1v) is 6.64. The lowest BCUT2D eigenvalue weighted by Gasteiger charge is -2.30. The summed E-state index contributed by atoms with van der Waals surface area (Å²) in [5, 5.41) is 8.90. The SMILES string of the molecule is O=C(O)C1CCN(C(=O)COCc2ccncc2)CC1. The maximum atomic E-state index is 11.9. The van der Waals surface area contributed by atoms with E-state index in [0.29, 0.717) is 32.5 Å². The van der Waals surface area contributed by atoms with Crippen molar-refractivity contribution in [2.75, 3.05) is 19.7 Å². The predicted molar refractivity (Wildman–Crippen MR) is 70.8 cm³/mol. The summed E-state index contributed by atoms with van der Waals surface area (Å²) < 4.78 is 5.37. The first-order valence-electron chi connectivity index (χ1n) is 6.64. The molecule has 6 heteroatoms. The Morgan fingerprint density at radius 3 is 2.55 bits per heavy atom. The van der Waals surface area contributed by atoms with Gasteiger partial charge in [-0.1, -0.05) is 0 Å². The summed E-state index contributed by atoms with van der Waals surface area (Å²) in [6.45, 7) is 1.39. The number of aromatic nitrogens is 1. The molecule has 1 amide bonds. The molecule has 0 saturated carbocycles. The van der Waals surface area contributed by atoms with Crippen molar-refractivity contribution in [3.8, 4) is 0 Å². The van der Waals surface area contributed by atoms with Crippen LogP contribution in [0, 0.1) is 5.92 Å². The van der Waals surface area contributed by atoms with E-state index < -0.39 is 5.97 Å². The van der Waals surface area contributed by atoms with Crippen LogP contribution in [0.3, 0.4) is 0 Å². The topological polar surface area (TPSA) is 79.7 Å². The maximum Gasteiger partial charge on any atom is 0.306 e. The van der Waals surface area contributed by atoms with Crippen molar-refractivity contribution >= 4 is 11.9 Å². The Morgan fingerprint density at radius 1 is 1.30 bits per heavy atom. The number of hydrogen-bond donors (Lipinski definition) is 1. The van der Waals surface area contributed by atoms with Gasteiger partial charge in [0.1, 0.15) is 6.61 Å². The number of carboxylic acid groups (broad SMARTS) is 1. The average Bonchev–Trinajstić information content (AvgIpc) is 2.48. The van der Waals surface area contributed by atoms with Crippen LogP contribution in [0.1, 0.15) is 18.4 Å². The summed E-state index contributed by atoms with van der Waals surface area (Å²) in [5.41, 5.74) is 0.970. The van der Waals surface area contributed by atoms with Gasteiger partial charge in [0.25, 0.3) is 0 Å². The molecular formula is C14H18N2O4. The van der Waals surface area contributed by atoms with Gasteiger partial charge in [0.05, 0.1) is 12.5 Å². The van der Waals surface area contributed by atoms with E-state index in [9.17, 15) is 9.59 Å². The molecule has 0 aliphatic carbocycles. The van der Waals surface area contributed by atoms with Gasteiger partial charge >= 0.3 is 5.97 Å². The van der Waals surface area contributed by atoms with Gasteiger partial charge in [-0.25, -0.2) is 0 Å². The van der Waals surface area contributed by atoms with Crippen molar-refractivity contribution < 1.29 is 19.4 Å². The van der Waals surface area contributed by atoms with Crippen LogP contribution in [-0.2, 0) is 20.9 Å². The molecule has 1 aromatic heterocycles. The lowest BCUT2D eigenvalue weighted by molar-refractivity contribution is -0.147. The lowest BCUT2D eigenvalue weighted by atomic mass is 9.97. The number of amides is 1. The fourth-order valence-electron chi connectivity index (χ4n) is 2.20. The van der Waals surface area contributed by atoms with Crippen molar-refractivity contribution in [1.82, 2.24) is 9.88 Å². The van der Waals surface area contributed by atoms with E-state index in [1.54, 1.807) is 17.3 Å². The second-order valence-corrected chi connectivity index (χ2v) is 4.84. The van der Waals surface area contributed by atoms with Crippen molar-refractivity contribution in [3.63, 3.8) is 0 Å². The van der Waals surface area contributed by atoms with E-state index in [0.717, 1.165) is 5.56 Å². The Labute approximate surface area is 117 Å². The highest BCUT2D eigenvalue weighted by Gasteiger charge is 2.26. The highest BCUT2D eigenvalue weighted by Crippen LogP contribution is 2.17. The highest BCUT2D eigenvalue weighted by atomic mass is 16.5. The van der Waals surface area contributed by atoms with Crippen LogP contribution in [-0.4, -0.2) is 46.6 Å². The summed E-state index contributed by atoms with van der Waals surface area (Å²) >= 11 is 0. The Balaban J connectivity index is 1.69. The number of carbonyl (C=O) groups is 2. The maximum absolute atomic E-state index is 11.9. The average molecular weight is 278 g/mol. The molecule has 1 N–H and O–H groups in total. The first kappa shape index (κ1) is 14.5. The smallest absolute Gasteiger partial charge is 0.306 e. The van der Waals surface area contributed by atoms with E-state index in [2.05, 4.69) is 4.98 Å². The Hall–Kier alpha value is -1.95. The van der Waals surface area contributed by atoms with E-state index in [1.807, 2.05) is 12.1 Å². The molecule has 0 radical (unpaired) electrons. The molecular weight excluding hydrogens is 260 g/mol. The Morgan fingerprint density at radius 2 is 1.95 bits per heavy atom. The van der Waals surface area contributed by atoms with Crippen molar-refractivity contribution in [2.45, 2.75) is 19.4 Å². The zero-order valence-electron chi connectivity index (χ0n) is 11.2. The minimum Gasteiger partial charge on any atom is -0.481 e. The van der Waals surface area contributed by atoms with Crippen LogP contribution in [0.2, 0.25) is 0 Å².